The van der Waals surface area contributed by atoms with E-state index in [9.17, 15) is 22.4 Å². The molecule has 0 bridgehead atoms. The summed E-state index contributed by atoms with van der Waals surface area (Å²) in [5.41, 5.74) is 1.31. The van der Waals surface area contributed by atoms with Crippen molar-refractivity contribution in [2.45, 2.75) is 50.6 Å². The minimum absolute atomic E-state index is 0.0197. The lowest BCUT2D eigenvalue weighted by molar-refractivity contribution is -0.134. The van der Waals surface area contributed by atoms with E-state index in [2.05, 4.69) is 10.6 Å². The van der Waals surface area contributed by atoms with Gasteiger partial charge < -0.3 is 15.5 Å². The third-order valence-corrected chi connectivity index (χ3v) is 8.31. The summed E-state index contributed by atoms with van der Waals surface area (Å²) in [4.78, 5) is 28.0. The maximum absolute atomic E-state index is 13.4. The van der Waals surface area contributed by atoms with E-state index >= 15 is 0 Å². The van der Waals surface area contributed by atoms with E-state index < -0.39 is 15.7 Å². The van der Waals surface area contributed by atoms with E-state index in [0.29, 0.717) is 23.4 Å². The number of halogens is 1. The van der Waals surface area contributed by atoms with E-state index in [-0.39, 0.29) is 41.9 Å². The van der Waals surface area contributed by atoms with Gasteiger partial charge in [-0.1, -0.05) is 31.4 Å². The van der Waals surface area contributed by atoms with Crippen LogP contribution >= 0.6 is 0 Å². The van der Waals surface area contributed by atoms with Crippen LogP contribution in [0.3, 0.4) is 0 Å². The van der Waals surface area contributed by atoms with Crippen LogP contribution in [-0.4, -0.2) is 55.3 Å². The van der Waals surface area contributed by atoms with Crippen LogP contribution in [0.2, 0.25) is 0 Å². The molecule has 2 aromatic carbocycles. The van der Waals surface area contributed by atoms with Crippen LogP contribution in [0.5, 0.6) is 0 Å². The molecule has 9 heteroatoms. The first kappa shape index (κ1) is 24.2. The number of anilines is 2. The van der Waals surface area contributed by atoms with E-state index in [0.717, 1.165) is 32.1 Å². The number of nitrogens with one attached hydrogen (secondary N) is 2. The Bertz CT molecular complexity index is 1130. The third kappa shape index (κ3) is 5.94. The lowest BCUT2D eigenvalue weighted by Gasteiger charge is -2.38. The quantitative estimate of drug-likeness (QED) is 0.619. The highest BCUT2D eigenvalue weighted by molar-refractivity contribution is 7.91. The minimum Gasteiger partial charge on any atom is -0.376 e. The average Bonchev–Trinajstić information content (AvgIpc) is 3.19. The molecule has 1 aliphatic carbocycles. The SMILES string of the molecule is O=C(Nc1ccc(F)cc1)c1ccccc1NCC(=O)N(C1CCCCC1)[C@@H]1CCS(=O)(=O)C1. The molecule has 182 valence electrons. The zero-order valence-electron chi connectivity index (χ0n) is 19.0. The highest BCUT2D eigenvalue weighted by Gasteiger charge is 2.38. The van der Waals surface area contributed by atoms with E-state index in [4.69, 9.17) is 0 Å². The topological polar surface area (TPSA) is 95.6 Å². The number of para-hydroxylation sites is 1. The molecule has 1 saturated carbocycles. The van der Waals surface area contributed by atoms with Crippen molar-refractivity contribution in [2.24, 2.45) is 0 Å². The maximum atomic E-state index is 13.4. The van der Waals surface area contributed by atoms with Gasteiger partial charge in [-0.3, -0.25) is 9.59 Å². The van der Waals surface area contributed by atoms with Crippen molar-refractivity contribution in [3.8, 4) is 0 Å². The number of carbonyl (C=O) groups is 2. The highest BCUT2D eigenvalue weighted by Crippen LogP contribution is 2.28. The maximum Gasteiger partial charge on any atom is 0.257 e. The van der Waals surface area contributed by atoms with E-state index in [1.807, 2.05) is 0 Å². The van der Waals surface area contributed by atoms with Crippen molar-refractivity contribution >= 4 is 33.0 Å². The molecule has 2 amide bonds. The number of hydrogen-bond acceptors (Lipinski definition) is 5. The number of amides is 2. The summed E-state index contributed by atoms with van der Waals surface area (Å²) in [5.74, 6) is -0.785. The van der Waals surface area contributed by atoms with Crippen LogP contribution in [-0.2, 0) is 14.6 Å². The average molecular weight is 488 g/mol. The summed E-state index contributed by atoms with van der Waals surface area (Å²) in [5, 5.41) is 5.83. The summed E-state index contributed by atoms with van der Waals surface area (Å²) in [7, 11) is -3.12. The summed E-state index contributed by atoms with van der Waals surface area (Å²) >= 11 is 0. The van der Waals surface area contributed by atoms with Crippen molar-refractivity contribution < 1.29 is 22.4 Å². The molecule has 4 rings (SSSR count). The van der Waals surface area contributed by atoms with Gasteiger partial charge in [0.2, 0.25) is 5.91 Å². The van der Waals surface area contributed by atoms with Crippen LogP contribution < -0.4 is 10.6 Å². The van der Waals surface area contributed by atoms with Crippen LogP contribution in [0.4, 0.5) is 15.8 Å². The van der Waals surface area contributed by atoms with Gasteiger partial charge in [0.25, 0.3) is 5.91 Å². The highest BCUT2D eigenvalue weighted by atomic mass is 32.2. The van der Waals surface area contributed by atoms with Crippen molar-refractivity contribution in [1.82, 2.24) is 4.90 Å². The summed E-state index contributed by atoms with van der Waals surface area (Å²) in [6, 6.07) is 12.1. The van der Waals surface area contributed by atoms with E-state index in [1.54, 1.807) is 29.2 Å². The molecule has 1 heterocycles. The summed E-state index contributed by atoms with van der Waals surface area (Å²) < 4.78 is 37.3. The fourth-order valence-electron chi connectivity index (χ4n) is 4.89. The molecule has 0 unspecified atom stereocenters. The van der Waals surface area contributed by atoms with Gasteiger partial charge in [0, 0.05) is 23.5 Å². The number of nitrogens with zero attached hydrogens (tertiary/aromatic N) is 1. The second-order valence-corrected chi connectivity index (χ2v) is 11.2. The zero-order chi connectivity index (χ0) is 24.1. The molecule has 7 nitrogen and oxygen atoms in total. The fraction of sp³-hybridized carbons (Fsp3) is 0.440. The molecule has 34 heavy (non-hydrogen) atoms. The van der Waals surface area contributed by atoms with Crippen LogP contribution in [0.25, 0.3) is 0 Å². The number of benzene rings is 2. The summed E-state index contributed by atoms with van der Waals surface area (Å²) in [6.07, 6.45) is 5.46. The molecular formula is C25H30FN3O4S. The van der Waals surface area contributed by atoms with Crippen LogP contribution in [0, 0.1) is 5.82 Å². The summed E-state index contributed by atoms with van der Waals surface area (Å²) in [6.45, 7) is -0.0338. The molecule has 0 radical (unpaired) electrons. The Hall–Kier alpha value is -2.94. The van der Waals surface area contributed by atoms with Crippen LogP contribution in [0.15, 0.2) is 48.5 Å². The molecule has 2 N–H and O–H groups in total. The Morgan fingerprint density at radius 1 is 0.941 bits per heavy atom. The first-order chi connectivity index (χ1) is 16.3. The van der Waals surface area contributed by atoms with Gasteiger partial charge in [-0.05, 0) is 55.7 Å². The second kappa shape index (κ2) is 10.5. The molecule has 1 atom stereocenters. The number of carbonyl (C=O) groups excluding carboxylic acids is 2. The zero-order valence-corrected chi connectivity index (χ0v) is 19.8. The predicted octanol–water partition coefficient (Wildman–Crippen LogP) is 3.84. The molecule has 2 aromatic rings. The van der Waals surface area contributed by atoms with Gasteiger partial charge in [-0.25, -0.2) is 12.8 Å². The molecule has 0 aromatic heterocycles. The Morgan fingerprint density at radius 2 is 1.65 bits per heavy atom. The number of sulfone groups is 1. The Kier molecular flexibility index (Phi) is 7.50. The molecule has 1 aliphatic heterocycles. The number of hydrogen-bond donors (Lipinski definition) is 2. The fourth-order valence-corrected chi connectivity index (χ4v) is 6.60. The number of rotatable bonds is 7. The Balaban J connectivity index is 1.46. The Morgan fingerprint density at radius 3 is 2.32 bits per heavy atom. The molecule has 2 aliphatic rings. The van der Waals surface area contributed by atoms with Crippen molar-refractivity contribution in [3.05, 3.63) is 59.9 Å². The lowest BCUT2D eigenvalue weighted by Crippen LogP contribution is -2.50. The van der Waals surface area contributed by atoms with Gasteiger partial charge in [0.15, 0.2) is 9.84 Å². The standard InChI is InChI=1S/C25H30FN3O4S/c26-18-10-12-19(13-11-18)28-25(31)22-8-4-5-9-23(22)27-16-24(30)29(20-6-2-1-3-7-20)21-14-15-34(32,33)17-21/h4-5,8-13,20-21,27H,1-3,6-7,14-17H2,(H,28,31)/t21-/m1/s1. The predicted molar refractivity (Wildman–Crippen MR) is 130 cm³/mol. The first-order valence-electron chi connectivity index (χ1n) is 11.7. The van der Waals surface area contributed by atoms with Crippen molar-refractivity contribution in [3.63, 3.8) is 0 Å². The minimum atomic E-state index is -3.12. The first-order valence-corrected chi connectivity index (χ1v) is 13.6. The monoisotopic (exact) mass is 487 g/mol. The third-order valence-electron chi connectivity index (χ3n) is 6.56. The largest absolute Gasteiger partial charge is 0.376 e. The van der Waals surface area contributed by atoms with Gasteiger partial charge in [-0.2, -0.15) is 0 Å². The normalized spacial score (nSPS) is 20.0. The molecular weight excluding hydrogens is 457 g/mol. The smallest absolute Gasteiger partial charge is 0.257 e. The van der Waals surface area contributed by atoms with Crippen molar-refractivity contribution in [2.75, 3.05) is 28.7 Å². The molecule has 0 spiro atoms. The van der Waals surface area contributed by atoms with Gasteiger partial charge >= 0.3 is 0 Å². The van der Waals surface area contributed by atoms with Gasteiger partial charge in [0.1, 0.15) is 5.82 Å². The Labute approximate surface area is 199 Å². The van der Waals surface area contributed by atoms with Crippen LogP contribution in [0.1, 0.15) is 48.9 Å². The molecule has 1 saturated heterocycles. The van der Waals surface area contributed by atoms with E-state index in [1.165, 1.54) is 24.3 Å². The lowest BCUT2D eigenvalue weighted by atomic mass is 9.93. The van der Waals surface area contributed by atoms with Crippen molar-refractivity contribution in [1.29, 1.82) is 0 Å². The second-order valence-electron chi connectivity index (χ2n) is 9.01. The van der Waals surface area contributed by atoms with Gasteiger partial charge in [-0.15, -0.1) is 0 Å². The molecule has 2 fully saturated rings. The van der Waals surface area contributed by atoms with Gasteiger partial charge in [0.05, 0.1) is 23.6 Å².